The van der Waals surface area contributed by atoms with Crippen LogP contribution in [0.2, 0.25) is 5.02 Å². The maximum absolute atomic E-state index is 12.9. The van der Waals surface area contributed by atoms with Crippen LogP contribution in [-0.2, 0) is 17.4 Å². The Kier molecular flexibility index (Phi) is 7.77. The zero-order chi connectivity index (χ0) is 26.9. The minimum atomic E-state index is -2.51. The summed E-state index contributed by atoms with van der Waals surface area (Å²) in [6, 6.07) is 15.3. The monoisotopic (exact) mass is 548 g/mol. The SMILES string of the molecule is Cc1ccc(Nc2nc(Nc3ccc4c(c3)CC[C@@H](N3CC[C@@H](C#N)C3)CC4)ncc2Cl)c(P(C)(C)=O)c1. The lowest BCUT2D eigenvalue weighted by molar-refractivity contribution is 0.218. The summed E-state index contributed by atoms with van der Waals surface area (Å²) in [5.74, 6) is 1.08. The molecule has 7 nitrogen and oxygen atoms in total. The van der Waals surface area contributed by atoms with Crippen molar-refractivity contribution in [3.8, 4) is 6.07 Å². The maximum Gasteiger partial charge on any atom is 0.229 e. The molecule has 9 heteroatoms. The molecule has 0 saturated carbocycles. The van der Waals surface area contributed by atoms with Crippen LogP contribution in [0.3, 0.4) is 0 Å². The molecule has 2 heterocycles. The normalized spacial score (nSPS) is 19.9. The average molecular weight is 549 g/mol. The van der Waals surface area contributed by atoms with E-state index in [1.807, 2.05) is 25.1 Å². The van der Waals surface area contributed by atoms with Crippen molar-refractivity contribution in [2.45, 2.75) is 45.1 Å². The minimum absolute atomic E-state index is 0.182. The molecule has 0 amide bonds. The van der Waals surface area contributed by atoms with E-state index in [1.165, 1.54) is 11.1 Å². The van der Waals surface area contributed by atoms with Crippen molar-refractivity contribution in [3.05, 3.63) is 64.3 Å². The summed E-state index contributed by atoms with van der Waals surface area (Å²) in [6.07, 6.45) is 6.88. The van der Waals surface area contributed by atoms with Crippen molar-refractivity contribution in [2.75, 3.05) is 37.1 Å². The number of anilines is 4. The van der Waals surface area contributed by atoms with Crippen molar-refractivity contribution in [1.29, 1.82) is 5.26 Å². The molecule has 5 rings (SSSR count). The van der Waals surface area contributed by atoms with E-state index in [4.69, 9.17) is 11.6 Å². The van der Waals surface area contributed by atoms with Crippen LogP contribution in [-0.4, -0.2) is 47.3 Å². The summed E-state index contributed by atoms with van der Waals surface area (Å²) >= 11 is 6.44. The third-order valence-electron chi connectivity index (χ3n) is 7.61. The Morgan fingerprint density at radius 1 is 1.08 bits per heavy atom. The number of fused-ring (bicyclic) bond motifs is 1. The molecule has 198 valence electrons. The molecule has 2 aromatic carbocycles. The van der Waals surface area contributed by atoms with Gasteiger partial charge in [-0.2, -0.15) is 10.2 Å². The van der Waals surface area contributed by atoms with Gasteiger partial charge in [0, 0.05) is 23.6 Å². The van der Waals surface area contributed by atoms with Gasteiger partial charge in [0.1, 0.15) is 12.2 Å². The highest BCUT2D eigenvalue weighted by Gasteiger charge is 2.29. The second kappa shape index (κ2) is 11.1. The molecule has 1 aliphatic carbocycles. The van der Waals surface area contributed by atoms with Crippen LogP contribution >= 0.6 is 18.7 Å². The number of nitrogens with zero attached hydrogens (tertiary/aromatic N) is 4. The molecule has 0 unspecified atom stereocenters. The molecule has 1 aliphatic heterocycles. The first-order chi connectivity index (χ1) is 18.2. The summed E-state index contributed by atoms with van der Waals surface area (Å²) < 4.78 is 12.9. The smallest absolute Gasteiger partial charge is 0.229 e. The molecule has 3 aromatic rings. The van der Waals surface area contributed by atoms with Gasteiger partial charge in [0.25, 0.3) is 0 Å². The minimum Gasteiger partial charge on any atom is -0.338 e. The van der Waals surface area contributed by atoms with E-state index in [-0.39, 0.29) is 5.92 Å². The predicted octanol–water partition coefficient (Wildman–Crippen LogP) is 6.27. The second-order valence-corrected chi connectivity index (χ2v) is 14.4. The van der Waals surface area contributed by atoms with Gasteiger partial charge >= 0.3 is 0 Å². The Morgan fingerprint density at radius 2 is 1.87 bits per heavy atom. The van der Waals surface area contributed by atoms with Crippen LogP contribution in [0.25, 0.3) is 0 Å². The summed E-state index contributed by atoms with van der Waals surface area (Å²) in [7, 11) is -2.51. The first kappa shape index (κ1) is 26.7. The van der Waals surface area contributed by atoms with E-state index >= 15 is 0 Å². The summed E-state index contributed by atoms with van der Waals surface area (Å²) in [5.41, 5.74) is 5.46. The standard InChI is InChI=1S/C29H34ClN6OP/c1-19-4-11-26(27(14-19)38(2,3)37)34-28-25(30)17-32-29(35-28)33-23-8-5-21-6-9-24(10-7-22(21)15-23)36-13-12-20(16-31)18-36/h4-5,8,11,14-15,17,20,24H,6-7,9-10,12-13,18H2,1-3H3,(H2,32,33,34,35)/t20-,24-/m0/s1. The highest BCUT2D eigenvalue weighted by molar-refractivity contribution is 7.70. The van der Waals surface area contributed by atoms with E-state index in [2.05, 4.69) is 49.8 Å². The maximum atomic E-state index is 12.9. The summed E-state index contributed by atoms with van der Waals surface area (Å²) in [6.45, 7) is 7.45. The molecule has 1 saturated heterocycles. The van der Waals surface area contributed by atoms with Crippen molar-refractivity contribution in [2.24, 2.45) is 5.92 Å². The molecule has 1 fully saturated rings. The highest BCUT2D eigenvalue weighted by Crippen LogP contribution is 2.39. The molecule has 2 aliphatic rings. The molecule has 2 N–H and O–H groups in total. The topological polar surface area (TPSA) is 93.9 Å². The van der Waals surface area contributed by atoms with Gasteiger partial charge in [0.05, 0.1) is 23.9 Å². The Morgan fingerprint density at radius 3 is 2.61 bits per heavy atom. The van der Waals surface area contributed by atoms with E-state index in [9.17, 15) is 9.83 Å². The fraction of sp³-hybridized carbons (Fsp3) is 0.414. The van der Waals surface area contributed by atoms with Crippen LogP contribution in [0.1, 0.15) is 36.0 Å². The number of rotatable bonds is 6. The largest absolute Gasteiger partial charge is 0.338 e. The lowest BCUT2D eigenvalue weighted by atomic mass is 10.0. The number of hydrogen-bond acceptors (Lipinski definition) is 7. The van der Waals surface area contributed by atoms with Gasteiger partial charge in [0.15, 0.2) is 5.82 Å². The van der Waals surface area contributed by atoms with Crippen molar-refractivity contribution in [1.82, 2.24) is 14.9 Å². The number of halogens is 1. The zero-order valence-corrected chi connectivity index (χ0v) is 23.8. The number of aromatic nitrogens is 2. The summed E-state index contributed by atoms with van der Waals surface area (Å²) in [4.78, 5) is 11.5. The molecule has 0 radical (unpaired) electrons. The van der Waals surface area contributed by atoms with Crippen LogP contribution in [0.5, 0.6) is 0 Å². The summed E-state index contributed by atoms with van der Waals surface area (Å²) in [5, 5.41) is 17.0. The van der Waals surface area contributed by atoms with Gasteiger partial charge in [-0.25, -0.2) is 4.98 Å². The van der Waals surface area contributed by atoms with Crippen LogP contribution in [0.15, 0.2) is 42.6 Å². The number of aryl methyl sites for hydroxylation is 3. The number of likely N-dealkylation sites (tertiary alicyclic amines) is 1. The molecular formula is C29H34ClN6OP. The van der Waals surface area contributed by atoms with Crippen LogP contribution in [0, 0.1) is 24.2 Å². The van der Waals surface area contributed by atoms with Crippen LogP contribution in [0.4, 0.5) is 23.1 Å². The molecular weight excluding hydrogens is 515 g/mol. The van der Waals surface area contributed by atoms with Crippen molar-refractivity contribution < 1.29 is 4.57 Å². The Hall–Kier alpha value is -2.91. The van der Waals surface area contributed by atoms with Gasteiger partial charge in [-0.15, -0.1) is 0 Å². The molecule has 2 atom stereocenters. The average Bonchev–Trinajstić information content (AvgIpc) is 3.27. The van der Waals surface area contributed by atoms with Gasteiger partial charge in [-0.05, 0) is 94.3 Å². The van der Waals surface area contributed by atoms with Gasteiger partial charge in [-0.3, -0.25) is 4.90 Å². The first-order valence-electron chi connectivity index (χ1n) is 13.2. The van der Waals surface area contributed by atoms with Gasteiger partial charge < -0.3 is 15.2 Å². The van der Waals surface area contributed by atoms with E-state index in [0.29, 0.717) is 22.8 Å². The second-order valence-electron chi connectivity index (χ2n) is 10.8. The Balaban J connectivity index is 1.31. The number of hydrogen-bond donors (Lipinski definition) is 2. The molecule has 0 spiro atoms. The molecule has 0 bridgehead atoms. The fourth-order valence-electron chi connectivity index (χ4n) is 5.52. The van der Waals surface area contributed by atoms with Crippen LogP contribution < -0.4 is 15.9 Å². The number of nitrogens with one attached hydrogen (secondary N) is 2. The Labute approximate surface area is 230 Å². The molecule has 1 aromatic heterocycles. The highest BCUT2D eigenvalue weighted by atomic mass is 35.5. The zero-order valence-electron chi connectivity index (χ0n) is 22.2. The van der Waals surface area contributed by atoms with Gasteiger partial charge in [0.2, 0.25) is 5.95 Å². The van der Waals surface area contributed by atoms with E-state index < -0.39 is 7.14 Å². The molecule has 38 heavy (non-hydrogen) atoms. The first-order valence-corrected chi connectivity index (χ1v) is 16.2. The quantitative estimate of drug-likeness (QED) is 0.277. The van der Waals surface area contributed by atoms with Crippen molar-refractivity contribution in [3.63, 3.8) is 0 Å². The third-order valence-corrected chi connectivity index (χ3v) is 9.41. The number of benzene rings is 2. The van der Waals surface area contributed by atoms with Gasteiger partial charge in [-0.1, -0.05) is 29.3 Å². The number of nitriles is 1. The fourth-order valence-corrected chi connectivity index (χ4v) is 6.89. The predicted molar refractivity (Wildman–Crippen MR) is 156 cm³/mol. The lowest BCUT2D eigenvalue weighted by Crippen LogP contribution is -2.33. The van der Waals surface area contributed by atoms with E-state index in [1.54, 1.807) is 19.5 Å². The van der Waals surface area contributed by atoms with E-state index in [0.717, 1.165) is 67.4 Å². The van der Waals surface area contributed by atoms with Crippen molar-refractivity contribution >= 4 is 47.2 Å². The lowest BCUT2D eigenvalue weighted by Gasteiger charge is -2.26. The third kappa shape index (κ3) is 6.04. The Bertz CT molecular complexity index is 1430.